The highest BCUT2D eigenvalue weighted by molar-refractivity contribution is 5.95. The van der Waals surface area contributed by atoms with Crippen molar-refractivity contribution >= 4 is 16.8 Å². The highest BCUT2D eigenvalue weighted by Crippen LogP contribution is 2.30. The van der Waals surface area contributed by atoms with Gasteiger partial charge in [-0.15, -0.1) is 13.2 Å². The van der Waals surface area contributed by atoms with E-state index < -0.39 is 0 Å². The molecule has 3 rings (SSSR count). The second-order valence-corrected chi connectivity index (χ2v) is 8.03. The first-order chi connectivity index (χ1) is 16.0. The van der Waals surface area contributed by atoms with E-state index in [4.69, 9.17) is 4.74 Å². The molecule has 1 atom stereocenters. The Morgan fingerprint density at radius 3 is 2.67 bits per heavy atom. The minimum atomic E-state index is -0.205. The van der Waals surface area contributed by atoms with Gasteiger partial charge in [0.25, 0.3) is 5.91 Å². The Kier molecular flexibility index (Phi) is 8.38. The fourth-order valence-electron chi connectivity index (χ4n) is 4.01. The number of hydrogen-bond donors (Lipinski definition) is 1. The SMILES string of the molecule is C=CCN(CC=C)CC[C@H](c1cncc2cn[nH]c12)N(C)C(=O)c1ccc(C)c(OCC)c1. The number of rotatable bonds is 12. The standard InChI is InChI=1S/C26H33N5O2/c1-6-12-31(13-7-2)14-11-23(22-18-27-16-21-17-28-29-25(21)22)30(5)26(32)20-10-9-19(4)24(15-20)33-8-3/h6-7,9-10,15-18,23H,1-2,8,11-14H2,3-5H3,(H,28,29)/t23-/m1/s1. The van der Waals surface area contributed by atoms with Gasteiger partial charge in [0.05, 0.1) is 24.4 Å². The van der Waals surface area contributed by atoms with Crippen LogP contribution in [0.4, 0.5) is 0 Å². The molecule has 0 unspecified atom stereocenters. The molecule has 2 heterocycles. The Morgan fingerprint density at radius 2 is 1.97 bits per heavy atom. The van der Waals surface area contributed by atoms with Gasteiger partial charge in [-0.1, -0.05) is 18.2 Å². The lowest BCUT2D eigenvalue weighted by Gasteiger charge is -2.31. The topological polar surface area (TPSA) is 74.4 Å². The van der Waals surface area contributed by atoms with Crippen LogP contribution in [0.5, 0.6) is 5.75 Å². The molecule has 1 amide bonds. The van der Waals surface area contributed by atoms with E-state index in [9.17, 15) is 4.79 Å². The molecular formula is C26H33N5O2. The molecule has 2 aromatic heterocycles. The third-order valence-corrected chi connectivity index (χ3v) is 5.76. The second-order valence-electron chi connectivity index (χ2n) is 8.03. The molecule has 0 aliphatic rings. The van der Waals surface area contributed by atoms with Crippen LogP contribution in [0, 0.1) is 6.92 Å². The molecule has 0 bridgehead atoms. The molecule has 33 heavy (non-hydrogen) atoms. The van der Waals surface area contributed by atoms with Crippen molar-refractivity contribution in [3.05, 3.63) is 78.8 Å². The number of nitrogens with one attached hydrogen (secondary N) is 1. The molecule has 174 valence electrons. The average Bonchev–Trinajstić information content (AvgIpc) is 3.30. The van der Waals surface area contributed by atoms with Crippen LogP contribution >= 0.6 is 0 Å². The van der Waals surface area contributed by atoms with Crippen LogP contribution in [-0.2, 0) is 0 Å². The number of benzene rings is 1. The third-order valence-electron chi connectivity index (χ3n) is 5.76. The number of aryl methyl sites for hydroxylation is 1. The van der Waals surface area contributed by atoms with Crippen molar-refractivity contribution in [2.24, 2.45) is 0 Å². The number of fused-ring (bicyclic) bond motifs is 1. The van der Waals surface area contributed by atoms with Gasteiger partial charge >= 0.3 is 0 Å². The third kappa shape index (κ3) is 5.68. The summed E-state index contributed by atoms with van der Waals surface area (Å²) in [4.78, 5) is 22.0. The number of amides is 1. The number of carbonyl (C=O) groups is 1. The normalized spacial score (nSPS) is 12.0. The minimum Gasteiger partial charge on any atom is -0.494 e. The molecule has 3 aromatic rings. The highest BCUT2D eigenvalue weighted by atomic mass is 16.5. The maximum Gasteiger partial charge on any atom is 0.254 e. The molecule has 7 heteroatoms. The average molecular weight is 448 g/mol. The van der Waals surface area contributed by atoms with Crippen LogP contribution in [0.2, 0.25) is 0 Å². The fraction of sp³-hybridized carbons (Fsp3) is 0.346. The molecule has 0 saturated carbocycles. The van der Waals surface area contributed by atoms with E-state index >= 15 is 0 Å². The van der Waals surface area contributed by atoms with Crippen molar-refractivity contribution in [2.45, 2.75) is 26.3 Å². The fourth-order valence-corrected chi connectivity index (χ4v) is 4.01. The number of aromatic nitrogens is 3. The van der Waals surface area contributed by atoms with Gasteiger partial charge in [-0.25, -0.2) is 0 Å². The van der Waals surface area contributed by atoms with E-state index in [-0.39, 0.29) is 11.9 Å². The van der Waals surface area contributed by atoms with Crippen LogP contribution in [0.3, 0.4) is 0 Å². The van der Waals surface area contributed by atoms with Crippen molar-refractivity contribution in [3.63, 3.8) is 0 Å². The number of hydrogen-bond acceptors (Lipinski definition) is 5. The van der Waals surface area contributed by atoms with E-state index in [0.717, 1.165) is 47.4 Å². The van der Waals surface area contributed by atoms with E-state index in [2.05, 4.69) is 33.2 Å². The molecule has 0 aliphatic carbocycles. The molecule has 0 saturated heterocycles. The summed E-state index contributed by atoms with van der Waals surface area (Å²) in [5.41, 5.74) is 3.43. The Bertz CT molecular complexity index is 1100. The molecule has 0 fully saturated rings. The molecule has 0 radical (unpaired) electrons. The van der Waals surface area contributed by atoms with Gasteiger partial charge in [0.1, 0.15) is 5.75 Å². The van der Waals surface area contributed by atoms with Crippen molar-refractivity contribution in [1.82, 2.24) is 25.0 Å². The minimum absolute atomic E-state index is 0.0727. The van der Waals surface area contributed by atoms with Gasteiger partial charge in [-0.2, -0.15) is 5.10 Å². The quantitative estimate of drug-likeness (QED) is 0.413. The zero-order valence-electron chi connectivity index (χ0n) is 19.8. The predicted molar refractivity (Wildman–Crippen MR) is 133 cm³/mol. The number of pyridine rings is 1. The molecule has 0 spiro atoms. The first-order valence-corrected chi connectivity index (χ1v) is 11.2. The number of ether oxygens (including phenoxy) is 1. The molecular weight excluding hydrogens is 414 g/mol. The summed E-state index contributed by atoms with van der Waals surface area (Å²) >= 11 is 0. The van der Waals surface area contributed by atoms with Gasteiger partial charge in [-0.3, -0.25) is 19.8 Å². The lowest BCUT2D eigenvalue weighted by molar-refractivity contribution is 0.0713. The van der Waals surface area contributed by atoms with Crippen LogP contribution < -0.4 is 4.74 Å². The number of nitrogens with zero attached hydrogens (tertiary/aromatic N) is 4. The summed E-state index contributed by atoms with van der Waals surface area (Å²) in [6.07, 6.45) is 9.82. The van der Waals surface area contributed by atoms with E-state index in [1.54, 1.807) is 17.3 Å². The van der Waals surface area contributed by atoms with Gasteiger partial charge < -0.3 is 9.64 Å². The Labute approximate surface area is 195 Å². The summed E-state index contributed by atoms with van der Waals surface area (Å²) in [6, 6.07) is 5.40. The predicted octanol–water partition coefficient (Wildman–Crippen LogP) is 4.54. The zero-order valence-corrected chi connectivity index (χ0v) is 19.8. The number of H-pyrrole nitrogens is 1. The lowest BCUT2D eigenvalue weighted by Crippen LogP contribution is -2.35. The molecule has 1 aromatic carbocycles. The first kappa shape index (κ1) is 24.2. The number of aromatic amines is 1. The molecule has 7 nitrogen and oxygen atoms in total. The van der Waals surface area contributed by atoms with Gasteiger partial charge in [0.2, 0.25) is 0 Å². The second kappa shape index (κ2) is 11.4. The monoisotopic (exact) mass is 447 g/mol. The lowest BCUT2D eigenvalue weighted by atomic mass is 10.0. The van der Waals surface area contributed by atoms with Gasteiger partial charge in [0, 0.05) is 55.6 Å². The number of carbonyl (C=O) groups excluding carboxylic acids is 1. The summed E-state index contributed by atoms with van der Waals surface area (Å²) in [7, 11) is 1.84. The van der Waals surface area contributed by atoms with Gasteiger partial charge in [-0.05, 0) is 38.0 Å². The van der Waals surface area contributed by atoms with Crippen LogP contribution in [0.15, 0.2) is 62.1 Å². The van der Waals surface area contributed by atoms with Crippen LogP contribution in [-0.4, -0.2) is 64.2 Å². The van der Waals surface area contributed by atoms with Crippen molar-refractivity contribution < 1.29 is 9.53 Å². The van der Waals surface area contributed by atoms with Gasteiger partial charge in [0.15, 0.2) is 0 Å². The summed E-state index contributed by atoms with van der Waals surface area (Å²) in [5, 5.41) is 8.18. The van der Waals surface area contributed by atoms with Crippen molar-refractivity contribution in [3.8, 4) is 5.75 Å². The first-order valence-electron chi connectivity index (χ1n) is 11.2. The highest BCUT2D eigenvalue weighted by Gasteiger charge is 2.26. The van der Waals surface area contributed by atoms with E-state index in [0.29, 0.717) is 18.6 Å². The van der Waals surface area contributed by atoms with Crippen molar-refractivity contribution in [2.75, 3.05) is 33.3 Å². The van der Waals surface area contributed by atoms with E-state index in [1.807, 2.05) is 57.4 Å². The van der Waals surface area contributed by atoms with Crippen LogP contribution in [0.1, 0.15) is 40.9 Å². The largest absolute Gasteiger partial charge is 0.494 e. The zero-order chi connectivity index (χ0) is 23.8. The summed E-state index contributed by atoms with van der Waals surface area (Å²) in [6.45, 7) is 14.4. The maximum absolute atomic E-state index is 13.6. The Balaban J connectivity index is 1.95. The maximum atomic E-state index is 13.6. The molecule has 1 N–H and O–H groups in total. The Hall–Kier alpha value is -3.45. The van der Waals surface area contributed by atoms with Crippen molar-refractivity contribution in [1.29, 1.82) is 0 Å². The summed E-state index contributed by atoms with van der Waals surface area (Å²) < 4.78 is 5.71. The molecule has 0 aliphatic heterocycles. The smallest absolute Gasteiger partial charge is 0.254 e. The Morgan fingerprint density at radius 1 is 1.21 bits per heavy atom. The van der Waals surface area contributed by atoms with Crippen LogP contribution in [0.25, 0.3) is 10.9 Å². The summed E-state index contributed by atoms with van der Waals surface area (Å²) in [5.74, 6) is 0.658. The van der Waals surface area contributed by atoms with E-state index in [1.165, 1.54) is 0 Å².